The number of hydrogen-bond acceptors (Lipinski definition) is 0. The minimum Gasteiger partial charge on any atom is -0.109 e. The normalized spacial score (nSPS) is 55.6. The molecule has 0 saturated heterocycles. The van der Waals surface area contributed by atoms with Gasteiger partial charge in [0.15, 0.2) is 4.33 Å². The second kappa shape index (κ2) is 4.72. The van der Waals surface area contributed by atoms with Crippen molar-refractivity contribution in [3.63, 3.8) is 0 Å². The largest absolute Gasteiger partial charge is 0.166 e. The molecule has 3 rings (SSSR count). The molecule has 0 radical (unpaired) electrons. The summed E-state index contributed by atoms with van der Waals surface area (Å²) in [5.41, 5.74) is 0. The fourth-order valence-corrected chi connectivity index (χ4v) is 7.98. The van der Waals surface area contributed by atoms with Gasteiger partial charge in [-0.25, -0.2) is 0 Å². The quantitative estimate of drug-likeness (QED) is 0.330. The monoisotopic (exact) mass is 508 g/mol. The minimum absolute atomic E-state index is 0.00478. The molecule has 0 nitrogen and oxygen atoms in total. The van der Waals surface area contributed by atoms with E-state index in [0.717, 1.165) is 12.8 Å². The molecular formula is C11H8Br2Cl6. The Bertz CT molecular complexity index is 440. The maximum Gasteiger partial charge on any atom is 0.166 e. The lowest BCUT2D eigenvalue weighted by Crippen LogP contribution is -2.44. The van der Waals surface area contributed by atoms with Crippen molar-refractivity contribution in [2.45, 2.75) is 36.6 Å². The highest BCUT2D eigenvalue weighted by Gasteiger charge is 2.82. The Morgan fingerprint density at radius 2 is 1.11 bits per heavy atom. The van der Waals surface area contributed by atoms with Gasteiger partial charge in [0.1, 0.15) is 9.75 Å². The number of fused-ring (bicyclic) bond motifs is 5. The zero-order valence-electron chi connectivity index (χ0n) is 9.25. The lowest BCUT2D eigenvalue weighted by atomic mass is 9.72. The highest BCUT2D eigenvalue weighted by atomic mass is 79.9. The third kappa shape index (κ3) is 1.67. The first-order chi connectivity index (χ1) is 8.60. The Labute approximate surface area is 158 Å². The average molecular weight is 513 g/mol. The van der Waals surface area contributed by atoms with E-state index in [1.165, 1.54) is 0 Å². The van der Waals surface area contributed by atoms with Crippen LogP contribution < -0.4 is 0 Å². The van der Waals surface area contributed by atoms with Gasteiger partial charge in [0.05, 0.1) is 10.1 Å². The molecule has 0 aliphatic heterocycles. The van der Waals surface area contributed by atoms with Gasteiger partial charge in [-0.2, -0.15) is 0 Å². The highest BCUT2D eigenvalue weighted by molar-refractivity contribution is 9.12. The van der Waals surface area contributed by atoms with Crippen LogP contribution in [-0.4, -0.2) is 23.7 Å². The molecule has 0 N–H and O–H groups in total. The van der Waals surface area contributed by atoms with Crippen molar-refractivity contribution in [2.24, 2.45) is 11.8 Å². The number of rotatable bonds is 0. The summed E-state index contributed by atoms with van der Waals surface area (Å²) in [4.78, 5) is -1.67. The summed E-state index contributed by atoms with van der Waals surface area (Å²) in [6.07, 6.45) is 1.58. The van der Waals surface area contributed by atoms with E-state index in [1.54, 1.807) is 0 Å². The standard InChI is InChI=1S/C11H8Br2Cl6/c12-5-1-3-4(2-6(5)13)10(17)8(15)7(14)9(3,16)11(10,18)19/h3-6H,1-2H2. The van der Waals surface area contributed by atoms with Gasteiger partial charge in [0.2, 0.25) is 0 Å². The van der Waals surface area contributed by atoms with E-state index in [2.05, 4.69) is 31.9 Å². The lowest BCUT2D eigenvalue weighted by Gasteiger charge is -2.43. The van der Waals surface area contributed by atoms with Crippen LogP contribution in [0.15, 0.2) is 10.1 Å². The van der Waals surface area contributed by atoms with Crippen LogP contribution >= 0.6 is 101 Å². The van der Waals surface area contributed by atoms with Crippen molar-refractivity contribution in [1.82, 2.24) is 0 Å². The van der Waals surface area contributed by atoms with Crippen molar-refractivity contribution < 1.29 is 0 Å². The zero-order chi connectivity index (χ0) is 14.4. The number of allylic oxidation sites excluding steroid dienone is 2. The summed E-state index contributed by atoms with van der Waals surface area (Å²) in [6, 6.07) is 0. The molecule has 0 spiro atoms. The molecule has 6 atom stereocenters. The SMILES string of the molecule is ClC1=C(Cl)C2(Cl)C3CC(Br)C(Br)CC3C1(Cl)C2(Cl)Cl. The fraction of sp³-hybridized carbons (Fsp3) is 0.818. The van der Waals surface area contributed by atoms with E-state index in [0.29, 0.717) is 10.1 Å². The van der Waals surface area contributed by atoms with Crippen LogP contribution in [0.4, 0.5) is 0 Å². The second-order valence-corrected chi connectivity index (χ2v) is 11.0. The van der Waals surface area contributed by atoms with Crippen molar-refractivity contribution in [3.8, 4) is 0 Å². The van der Waals surface area contributed by atoms with Crippen LogP contribution in [-0.2, 0) is 0 Å². The molecule has 2 saturated carbocycles. The molecule has 19 heavy (non-hydrogen) atoms. The maximum absolute atomic E-state index is 6.75. The van der Waals surface area contributed by atoms with Crippen LogP contribution in [0.5, 0.6) is 0 Å². The molecule has 0 heterocycles. The summed E-state index contributed by atoms with van der Waals surface area (Å²) in [6.45, 7) is 0. The van der Waals surface area contributed by atoms with Gasteiger partial charge in [-0.05, 0) is 24.7 Å². The first kappa shape index (κ1) is 16.3. The third-order valence-electron chi connectivity index (χ3n) is 4.60. The molecule has 3 aliphatic rings. The Morgan fingerprint density at radius 1 is 0.789 bits per heavy atom. The molecule has 6 unspecified atom stereocenters. The zero-order valence-corrected chi connectivity index (χ0v) is 17.0. The topological polar surface area (TPSA) is 0 Å². The van der Waals surface area contributed by atoms with Gasteiger partial charge in [0.25, 0.3) is 0 Å². The summed E-state index contributed by atoms with van der Waals surface area (Å²) < 4.78 is -1.41. The van der Waals surface area contributed by atoms with Crippen molar-refractivity contribution in [1.29, 1.82) is 0 Å². The van der Waals surface area contributed by atoms with Crippen molar-refractivity contribution >= 4 is 101 Å². The van der Waals surface area contributed by atoms with Crippen molar-refractivity contribution in [2.75, 3.05) is 0 Å². The van der Waals surface area contributed by atoms with Crippen LogP contribution in [0.1, 0.15) is 12.8 Å². The minimum atomic E-state index is -1.41. The van der Waals surface area contributed by atoms with Crippen LogP contribution in [0.25, 0.3) is 0 Å². The Balaban J connectivity index is 2.19. The van der Waals surface area contributed by atoms with Gasteiger partial charge in [-0.15, -0.1) is 23.2 Å². The summed E-state index contributed by atoms with van der Waals surface area (Å²) in [7, 11) is 0. The number of halogens is 8. The van der Waals surface area contributed by atoms with E-state index in [-0.39, 0.29) is 21.5 Å². The average Bonchev–Trinajstić information content (AvgIpc) is 2.53. The van der Waals surface area contributed by atoms with Crippen LogP contribution in [0, 0.1) is 11.8 Å². The summed E-state index contributed by atoms with van der Waals surface area (Å²) >= 11 is 46.5. The third-order valence-corrected chi connectivity index (χ3v) is 11.7. The van der Waals surface area contributed by atoms with Crippen LogP contribution in [0.3, 0.4) is 0 Å². The van der Waals surface area contributed by atoms with Gasteiger partial charge in [-0.1, -0.05) is 78.3 Å². The predicted octanol–water partition coefficient (Wildman–Crippen LogP) is 6.39. The first-order valence-electron chi connectivity index (χ1n) is 5.70. The molecule has 2 bridgehead atoms. The van der Waals surface area contributed by atoms with Crippen LogP contribution in [0.2, 0.25) is 0 Å². The van der Waals surface area contributed by atoms with E-state index in [1.807, 2.05) is 0 Å². The van der Waals surface area contributed by atoms with Crippen molar-refractivity contribution in [3.05, 3.63) is 10.1 Å². The van der Waals surface area contributed by atoms with E-state index in [9.17, 15) is 0 Å². The van der Waals surface area contributed by atoms with E-state index < -0.39 is 14.1 Å². The molecule has 0 amide bonds. The first-order valence-corrected chi connectivity index (χ1v) is 9.80. The highest BCUT2D eigenvalue weighted by Crippen LogP contribution is 2.78. The Hall–Kier alpha value is 2.44. The van der Waals surface area contributed by atoms with E-state index >= 15 is 0 Å². The molecule has 0 aromatic rings. The Kier molecular flexibility index (Phi) is 4.05. The maximum atomic E-state index is 6.75. The molecule has 0 aromatic heterocycles. The van der Waals surface area contributed by atoms with E-state index in [4.69, 9.17) is 69.6 Å². The summed E-state index contributed by atoms with van der Waals surface area (Å²) in [5, 5.41) is 0.592. The van der Waals surface area contributed by atoms with Gasteiger partial charge in [0, 0.05) is 9.65 Å². The Morgan fingerprint density at radius 3 is 1.42 bits per heavy atom. The molecule has 3 aliphatic carbocycles. The smallest absolute Gasteiger partial charge is 0.109 e. The number of alkyl halides is 6. The molecule has 8 heteroatoms. The molecular weight excluding hydrogens is 505 g/mol. The fourth-order valence-electron chi connectivity index (χ4n) is 3.64. The molecule has 0 aromatic carbocycles. The van der Waals surface area contributed by atoms with Gasteiger partial charge < -0.3 is 0 Å². The van der Waals surface area contributed by atoms with Gasteiger partial charge in [-0.3, -0.25) is 0 Å². The lowest BCUT2D eigenvalue weighted by molar-refractivity contribution is 0.248. The molecule has 108 valence electrons. The molecule has 2 fully saturated rings. The predicted molar refractivity (Wildman–Crippen MR) is 92.0 cm³/mol. The second-order valence-electron chi connectivity index (χ2n) is 5.34. The number of hydrogen-bond donors (Lipinski definition) is 0. The summed E-state index contributed by atoms with van der Waals surface area (Å²) in [5.74, 6) is -0.00955. The van der Waals surface area contributed by atoms with Gasteiger partial charge >= 0.3 is 0 Å².